The van der Waals surface area contributed by atoms with Gasteiger partial charge in [-0.3, -0.25) is 19.8 Å². The van der Waals surface area contributed by atoms with Gasteiger partial charge in [0.15, 0.2) is 15.0 Å². The topological polar surface area (TPSA) is 114 Å². The Labute approximate surface area is 190 Å². The number of nitro groups is 1. The van der Waals surface area contributed by atoms with Crippen LogP contribution in [-0.4, -0.2) is 61.6 Å². The summed E-state index contributed by atoms with van der Waals surface area (Å²) >= 11 is 1.19. The minimum atomic E-state index is -3.47. The van der Waals surface area contributed by atoms with Gasteiger partial charge in [0.1, 0.15) is 0 Å². The fourth-order valence-corrected chi connectivity index (χ4v) is 4.90. The molecule has 2 aromatic carbocycles. The van der Waals surface area contributed by atoms with Crippen LogP contribution < -0.4 is 4.90 Å². The Morgan fingerprint density at radius 1 is 1.12 bits per heavy atom. The van der Waals surface area contributed by atoms with Crippen molar-refractivity contribution in [3.05, 3.63) is 58.1 Å². The molecule has 0 saturated carbocycles. The van der Waals surface area contributed by atoms with Gasteiger partial charge >= 0.3 is 0 Å². The number of rotatable bonds is 9. The first kappa shape index (κ1) is 23.8. The van der Waals surface area contributed by atoms with Crippen molar-refractivity contribution >= 4 is 48.1 Å². The van der Waals surface area contributed by atoms with Crippen LogP contribution in [0.2, 0.25) is 0 Å². The molecule has 1 amide bonds. The molecule has 0 aliphatic heterocycles. The van der Waals surface area contributed by atoms with Gasteiger partial charge in [-0.15, -0.1) is 0 Å². The van der Waals surface area contributed by atoms with Crippen LogP contribution in [0.3, 0.4) is 0 Å². The molecule has 0 saturated heterocycles. The number of sulfone groups is 1. The minimum absolute atomic E-state index is 0.0467. The Hall–Kier alpha value is -2.89. The molecule has 0 radical (unpaired) electrons. The highest BCUT2D eigenvalue weighted by Gasteiger charge is 2.23. The lowest BCUT2D eigenvalue weighted by molar-refractivity contribution is -0.384. The standard InChI is InChI=1S/C21H24N4O5S2/c1-4-23(5-2)11-12-24(20(26)15-7-6-8-17(13-15)32(3,29)30)21-22-18-10-9-16(25(27)28)14-19(18)31-21/h6-10,13-14H,4-5,11-12H2,1-3H3. The summed E-state index contributed by atoms with van der Waals surface area (Å²) in [5.41, 5.74) is 0.744. The summed E-state index contributed by atoms with van der Waals surface area (Å²) in [6, 6.07) is 10.3. The predicted octanol–water partition coefficient (Wildman–Crippen LogP) is 3.60. The van der Waals surface area contributed by atoms with Gasteiger partial charge < -0.3 is 4.90 Å². The third-order valence-electron chi connectivity index (χ3n) is 5.09. The van der Waals surface area contributed by atoms with E-state index in [1.165, 1.54) is 46.6 Å². The van der Waals surface area contributed by atoms with Gasteiger partial charge in [-0.05, 0) is 37.4 Å². The summed E-state index contributed by atoms with van der Waals surface area (Å²) in [5, 5.41) is 11.5. The molecule has 3 rings (SSSR count). The molecule has 0 unspecified atom stereocenters. The van der Waals surface area contributed by atoms with Gasteiger partial charge in [0.05, 0.1) is 20.0 Å². The molecule has 32 heavy (non-hydrogen) atoms. The van der Waals surface area contributed by atoms with Gasteiger partial charge in [0.2, 0.25) is 0 Å². The maximum Gasteiger partial charge on any atom is 0.270 e. The molecule has 1 heterocycles. The number of nitrogens with zero attached hydrogens (tertiary/aromatic N) is 4. The number of fused-ring (bicyclic) bond motifs is 1. The molecule has 170 valence electrons. The Morgan fingerprint density at radius 2 is 1.84 bits per heavy atom. The Kier molecular flexibility index (Phi) is 7.22. The lowest BCUT2D eigenvalue weighted by Gasteiger charge is -2.24. The minimum Gasteiger partial charge on any atom is -0.302 e. The maximum atomic E-state index is 13.4. The van der Waals surface area contributed by atoms with E-state index >= 15 is 0 Å². The maximum absolute atomic E-state index is 13.4. The van der Waals surface area contributed by atoms with E-state index in [4.69, 9.17) is 0 Å². The number of thiazole rings is 1. The van der Waals surface area contributed by atoms with Gasteiger partial charge in [-0.25, -0.2) is 13.4 Å². The summed E-state index contributed by atoms with van der Waals surface area (Å²) in [4.78, 5) is 32.3. The molecule has 11 heteroatoms. The second kappa shape index (κ2) is 9.72. The predicted molar refractivity (Wildman–Crippen MR) is 125 cm³/mol. The molecule has 0 bridgehead atoms. The van der Waals surface area contributed by atoms with Crippen LogP contribution >= 0.6 is 11.3 Å². The average molecular weight is 477 g/mol. The first-order valence-electron chi connectivity index (χ1n) is 10.0. The molecule has 0 aliphatic rings. The normalized spacial score (nSPS) is 11.8. The highest BCUT2D eigenvalue weighted by atomic mass is 32.2. The van der Waals surface area contributed by atoms with Gasteiger partial charge in [0, 0.05) is 37.0 Å². The molecule has 0 aliphatic carbocycles. The van der Waals surface area contributed by atoms with Crippen LogP contribution in [0, 0.1) is 10.1 Å². The van der Waals surface area contributed by atoms with Crippen molar-refractivity contribution in [2.45, 2.75) is 18.7 Å². The molecular formula is C21H24N4O5S2. The Bertz CT molecular complexity index is 1250. The van der Waals surface area contributed by atoms with Crippen molar-refractivity contribution < 1.29 is 18.1 Å². The number of carbonyl (C=O) groups is 1. The molecule has 0 fully saturated rings. The zero-order chi connectivity index (χ0) is 23.5. The lowest BCUT2D eigenvalue weighted by atomic mass is 10.2. The van der Waals surface area contributed by atoms with Crippen LogP contribution in [0.15, 0.2) is 47.4 Å². The van der Waals surface area contributed by atoms with Gasteiger partial charge in [-0.2, -0.15) is 0 Å². The van der Waals surface area contributed by atoms with E-state index < -0.39 is 14.8 Å². The van der Waals surface area contributed by atoms with Crippen LogP contribution in [0.25, 0.3) is 10.2 Å². The summed E-state index contributed by atoms with van der Waals surface area (Å²) in [6.07, 6.45) is 1.09. The number of hydrogen-bond acceptors (Lipinski definition) is 8. The third-order valence-corrected chi connectivity index (χ3v) is 7.24. The number of aromatic nitrogens is 1. The van der Waals surface area contributed by atoms with Crippen molar-refractivity contribution in [2.24, 2.45) is 0 Å². The molecule has 0 atom stereocenters. The van der Waals surface area contributed by atoms with Gasteiger partial charge in [0.25, 0.3) is 11.6 Å². The highest BCUT2D eigenvalue weighted by Crippen LogP contribution is 2.32. The van der Waals surface area contributed by atoms with Crippen molar-refractivity contribution in [1.82, 2.24) is 9.88 Å². The number of likely N-dealkylation sites (N-methyl/N-ethyl adjacent to an activating group) is 1. The van der Waals surface area contributed by atoms with E-state index in [1.807, 2.05) is 13.8 Å². The quantitative estimate of drug-likeness (QED) is 0.342. The van der Waals surface area contributed by atoms with E-state index in [1.54, 1.807) is 12.1 Å². The van der Waals surface area contributed by atoms with Crippen LogP contribution in [0.4, 0.5) is 10.8 Å². The number of non-ortho nitro benzene ring substituents is 1. The summed E-state index contributed by atoms with van der Waals surface area (Å²) in [7, 11) is -3.47. The second-order valence-electron chi connectivity index (χ2n) is 7.19. The molecule has 3 aromatic rings. The third kappa shape index (κ3) is 5.29. The Morgan fingerprint density at radius 3 is 2.47 bits per heavy atom. The van der Waals surface area contributed by atoms with E-state index in [-0.39, 0.29) is 22.1 Å². The van der Waals surface area contributed by atoms with Crippen molar-refractivity contribution in [3.63, 3.8) is 0 Å². The van der Waals surface area contributed by atoms with Crippen molar-refractivity contribution in [1.29, 1.82) is 0 Å². The second-order valence-corrected chi connectivity index (χ2v) is 10.2. The molecule has 0 N–H and O–H groups in total. The number of benzene rings is 2. The zero-order valence-corrected chi connectivity index (χ0v) is 19.6. The molecular weight excluding hydrogens is 452 g/mol. The molecule has 9 nitrogen and oxygen atoms in total. The largest absolute Gasteiger partial charge is 0.302 e. The van der Waals surface area contributed by atoms with E-state index in [2.05, 4.69) is 9.88 Å². The smallest absolute Gasteiger partial charge is 0.270 e. The van der Waals surface area contributed by atoms with E-state index in [9.17, 15) is 23.3 Å². The van der Waals surface area contributed by atoms with Crippen LogP contribution in [0.1, 0.15) is 24.2 Å². The highest BCUT2D eigenvalue weighted by molar-refractivity contribution is 7.90. The zero-order valence-electron chi connectivity index (χ0n) is 18.0. The number of anilines is 1. The van der Waals surface area contributed by atoms with E-state index in [0.29, 0.717) is 28.4 Å². The molecule has 1 aromatic heterocycles. The average Bonchev–Trinajstić information content (AvgIpc) is 3.19. The SMILES string of the molecule is CCN(CC)CCN(C(=O)c1cccc(S(C)(=O)=O)c1)c1nc2ccc([N+](=O)[O-])cc2s1. The number of hydrogen-bond donors (Lipinski definition) is 0. The lowest BCUT2D eigenvalue weighted by Crippen LogP contribution is -2.38. The van der Waals surface area contributed by atoms with Crippen molar-refractivity contribution in [2.75, 3.05) is 37.3 Å². The summed E-state index contributed by atoms with van der Waals surface area (Å²) < 4.78 is 24.5. The van der Waals surface area contributed by atoms with Gasteiger partial charge in [-0.1, -0.05) is 31.3 Å². The number of carbonyl (C=O) groups excluding carboxylic acids is 1. The fourth-order valence-electron chi connectivity index (χ4n) is 3.21. The van der Waals surface area contributed by atoms with Crippen LogP contribution in [0.5, 0.6) is 0 Å². The first-order valence-corrected chi connectivity index (χ1v) is 12.7. The number of amides is 1. The first-order chi connectivity index (χ1) is 15.1. The Balaban J connectivity index is 2.03. The van der Waals surface area contributed by atoms with Crippen molar-refractivity contribution in [3.8, 4) is 0 Å². The monoisotopic (exact) mass is 476 g/mol. The summed E-state index contributed by atoms with van der Waals surface area (Å²) in [5.74, 6) is -0.379. The molecule has 0 spiro atoms. The number of nitro benzene ring substituents is 1. The van der Waals surface area contributed by atoms with Crippen LogP contribution in [-0.2, 0) is 9.84 Å². The van der Waals surface area contributed by atoms with E-state index in [0.717, 1.165) is 19.3 Å². The summed E-state index contributed by atoms with van der Waals surface area (Å²) in [6.45, 7) is 6.62. The fraction of sp³-hybridized carbons (Fsp3) is 0.333.